The lowest BCUT2D eigenvalue weighted by Crippen LogP contribution is -2.46. The van der Waals surface area contributed by atoms with Gasteiger partial charge in [-0.15, -0.1) is 11.8 Å². The molecule has 0 unspecified atom stereocenters. The number of carboxylic acid groups (broad SMARTS) is 1. The Morgan fingerprint density at radius 2 is 1.71 bits per heavy atom. The van der Waals surface area contributed by atoms with Crippen molar-refractivity contribution in [1.29, 1.82) is 0 Å². The number of aliphatic hydroxyl groups excluding tert-OH is 2. The van der Waals surface area contributed by atoms with Crippen molar-refractivity contribution < 1.29 is 29.7 Å². The van der Waals surface area contributed by atoms with Crippen LogP contribution < -0.4 is 10.6 Å². The number of nitrogens with one attached hydrogen (secondary N) is 2. The van der Waals surface area contributed by atoms with E-state index >= 15 is 0 Å². The van der Waals surface area contributed by atoms with E-state index in [0.29, 0.717) is 39.3 Å². The first-order valence-electron chi connectivity index (χ1n) is 11.0. The van der Waals surface area contributed by atoms with Gasteiger partial charge in [0.05, 0.1) is 28.7 Å². The van der Waals surface area contributed by atoms with Crippen LogP contribution in [0.25, 0.3) is 22.1 Å². The molecule has 1 atom stereocenters. The number of carbonyl (C=O) groups is 3. The quantitative estimate of drug-likeness (QED) is 0.149. The predicted octanol–water partition coefficient (Wildman–Crippen LogP) is 1.58. The van der Waals surface area contributed by atoms with Crippen molar-refractivity contribution in [3.63, 3.8) is 0 Å². The minimum atomic E-state index is -1.38. The van der Waals surface area contributed by atoms with E-state index in [1.54, 1.807) is 32.0 Å². The van der Waals surface area contributed by atoms with Crippen molar-refractivity contribution in [1.82, 2.24) is 20.6 Å². The molecule has 0 saturated heterocycles. The SMILES string of the molecule is CC(C)(CO)[C@@H](O)C(=O)NCCC(=O)NCCSc1cc(C(=O)O)c2nc3ccccc3nc2c1. The molecule has 2 aromatic carbocycles. The van der Waals surface area contributed by atoms with Crippen LogP contribution in [-0.4, -0.2) is 74.6 Å². The number of aliphatic hydroxyl groups is 2. The summed E-state index contributed by atoms with van der Waals surface area (Å²) in [5, 5.41) is 34.0. The van der Waals surface area contributed by atoms with Gasteiger partial charge in [-0.1, -0.05) is 26.0 Å². The summed E-state index contributed by atoms with van der Waals surface area (Å²) in [6.45, 7) is 3.15. The Balaban J connectivity index is 1.52. The molecule has 0 saturated carbocycles. The monoisotopic (exact) mass is 500 g/mol. The summed E-state index contributed by atoms with van der Waals surface area (Å²) in [6.07, 6.45) is -1.35. The van der Waals surface area contributed by atoms with E-state index in [2.05, 4.69) is 20.6 Å². The van der Waals surface area contributed by atoms with Crippen LogP contribution in [0, 0.1) is 5.41 Å². The fraction of sp³-hybridized carbons (Fsp3) is 0.375. The van der Waals surface area contributed by atoms with Crippen LogP contribution in [-0.2, 0) is 9.59 Å². The van der Waals surface area contributed by atoms with E-state index in [0.717, 1.165) is 0 Å². The van der Waals surface area contributed by atoms with Crippen molar-refractivity contribution in [3.05, 3.63) is 42.0 Å². The van der Waals surface area contributed by atoms with Crippen LogP contribution >= 0.6 is 11.8 Å². The van der Waals surface area contributed by atoms with Gasteiger partial charge in [0.25, 0.3) is 0 Å². The van der Waals surface area contributed by atoms with Crippen molar-refractivity contribution in [2.75, 3.05) is 25.4 Å². The van der Waals surface area contributed by atoms with Gasteiger partial charge in [-0.05, 0) is 24.3 Å². The summed E-state index contributed by atoms with van der Waals surface area (Å²) in [6, 6.07) is 10.6. The standard InChI is InChI=1S/C24H28N4O6S/c1-24(2,13-29)21(31)22(32)26-8-7-19(30)25-9-10-35-14-11-15(23(33)34)20-18(12-14)27-16-5-3-4-6-17(16)28-20/h3-6,11-12,21,29,31H,7-10,13H2,1-2H3,(H,25,30)(H,26,32)(H,33,34)/t21-/m0/s1. The molecular formula is C24H28N4O6S. The Hall–Kier alpha value is -3.28. The summed E-state index contributed by atoms with van der Waals surface area (Å²) in [5.74, 6) is -1.52. The maximum Gasteiger partial charge on any atom is 0.338 e. The van der Waals surface area contributed by atoms with Crippen molar-refractivity contribution >= 4 is 51.6 Å². The third-order valence-electron chi connectivity index (χ3n) is 5.39. The number of fused-ring (bicyclic) bond motifs is 2. The van der Waals surface area contributed by atoms with Crippen LogP contribution in [0.1, 0.15) is 30.6 Å². The lowest BCUT2D eigenvalue weighted by atomic mass is 9.87. The second-order valence-corrected chi connectivity index (χ2v) is 9.81. The highest BCUT2D eigenvalue weighted by Gasteiger charge is 2.32. The first kappa shape index (κ1) is 26.3. The van der Waals surface area contributed by atoms with Gasteiger partial charge >= 0.3 is 5.97 Å². The van der Waals surface area contributed by atoms with Gasteiger partial charge in [-0.25, -0.2) is 14.8 Å². The summed E-state index contributed by atoms with van der Waals surface area (Å²) in [4.78, 5) is 45.5. The minimum Gasteiger partial charge on any atom is -0.478 e. The number of aromatic carboxylic acids is 1. The molecule has 186 valence electrons. The molecule has 0 fully saturated rings. The summed E-state index contributed by atoms with van der Waals surface area (Å²) >= 11 is 1.38. The zero-order valence-electron chi connectivity index (χ0n) is 19.4. The Kier molecular flexibility index (Phi) is 8.60. The lowest BCUT2D eigenvalue weighted by molar-refractivity contribution is -0.137. The van der Waals surface area contributed by atoms with E-state index in [9.17, 15) is 29.7 Å². The van der Waals surface area contributed by atoms with Gasteiger partial charge in [0, 0.05) is 35.6 Å². The molecule has 3 rings (SSSR count). The average Bonchev–Trinajstić information content (AvgIpc) is 2.84. The molecule has 0 bridgehead atoms. The number of carbonyl (C=O) groups excluding carboxylic acids is 2. The molecule has 0 aliphatic carbocycles. The number of amides is 2. The number of rotatable bonds is 11. The number of hydrogen-bond donors (Lipinski definition) is 5. The summed E-state index contributed by atoms with van der Waals surface area (Å²) in [7, 11) is 0. The van der Waals surface area contributed by atoms with Gasteiger partial charge in [0.1, 0.15) is 11.6 Å². The van der Waals surface area contributed by atoms with Crippen LogP contribution in [0.15, 0.2) is 41.3 Å². The molecule has 10 nitrogen and oxygen atoms in total. The molecule has 35 heavy (non-hydrogen) atoms. The maximum absolute atomic E-state index is 12.0. The molecule has 0 aliphatic heterocycles. The summed E-state index contributed by atoms with van der Waals surface area (Å²) < 4.78 is 0. The van der Waals surface area contributed by atoms with Crippen molar-refractivity contribution in [2.24, 2.45) is 5.41 Å². The van der Waals surface area contributed by atoms with Crippen LogP contribution in [0.2, 0.25) is 0 Å². The highest BCUT2D eigenvalue weighted by atomic mass is 32.2. The fourth-order valence-corrected chi connectivity index (χ4v) is 4.07. The third kappa shape index (κ3) is 6.65. The second-order valence-electron chi connectivity index (χ2n) is 8.64. The molecule has 0 spiro atoms. The molecule has 3 aromatic rings. The number of para-hydroxylation sites is 2. The van der Waals surface area contributed by atoms with Crippen molar-refractivity contribution in [3.8, 4) is 0 Å². The van der Waals surface area contributed by atoms with Gasteiger partial charge in [-0.3, -0.25) is 9.59 Å². The maximum atomic E-state index is 12.0. The van der Waals surface area contributed by atoms with Crippen LogP contribution in [0.4, 0.5) is 0 Å². The molecule has 11 heteroatoms. The van der Waals surface area contributed by atoms with Gasteiger partial charge in [0.15, 0.2) is 0 Å². The summed E-state index contributed by atoms with van der Waals surface area (Å²) in [5.41, 5.74) is 1.18. The first-order chi connectivity index (χ1) is 16.6. The number of thioether (sulfide) groups is 1. The molecule has 0 aliphatic rings. The van der Waals surface area contributed by atoms with Gasteiger partial charge < -0.3 is 26.0 Å². The zero-order valence-corrected chi connectivity index (χ0v) is 20.3. The molecule has 1 aromatic heterocycles. The highest BCUT2D eigenvalue weighted by Crippen LogP contribution is 2.27. The number of nitrogens with zero attached hydrogens (tertiary/aromatic N) is 2. The Labute approximate surface area is 206 Å². The molecular weight excluding hydrogens is 472 g/mol. The third-order valence-corrected chi connectivity index (χ3v) is 6.37. The van der Waals surface area contributed by atoms with E-state index in [-0.39, 0.29) is 31.0 Å². The van der Waals surface area contributed by atoms with E-state index in [4.69, 9.17) is 0 Å². The molecule has 2 amide bonds. The number of hydrogen-bond acceptors (Lipinski definition) is 8. The topological polar surface area (TPSA) is 162 Å². The van der Waals surface area contributed by atoms with E-state index in [1.807, 2.05) is 18.2 Å². The lowest BCUT2D eigenvalue weighted by Gasteiger charge is -2.27. The Morgan fingerprint density at radius 3 is 2.37 bits per heavy atom. The Morgan fingerprint density at radius 1 is 1.03 bits per heavy atom. The van der Waals surface area contributed by atoms with Gasteiger partial charge in [0.2, 0.25) is 11.8 Å². The number of aromatic nitrogens is 2. The van der Waals surface area contributed by atoms with Gasteiger partial charge in [-0.2, -0.15) is 0 Å². The second kappa shape index (κ2) is 11.4. The fourth-order valence-electron chi connectivity index (χ4n) is 3.23. The molecule has 1 heterocycles. The predicted molar refractivity (Wildman–Crippen MR) is 132 cm³/mol. The number of benzene rings is 2. The largest absolute Gasteiger partial charge is 0.478 e. The highest BCUT2D eigenvalue weighted by molar-refractivity contribution is 7.99. The zero-order chi connectivity index (χ0) is 25.6. The molecule has 0 radical (unpaired) electrons. The smallest absolute Gasteiger partial charge is 0.338 e. The minimum absolute atomic E-state index is 0.0322. The molecule has 5 N–H and O–H groups in total. The van der Waals surface area contributed by atoms with Crippen molar-refractivity contribution in [2.45, 2.75) is 31.3 Å². The van der Waals surface area contributed by atoms with Crippen LogP contribution in [0.3, 0.4) is 0 Å². The Bertz CT molecular complexity index is 1250. The van der Waals surface area contributed by atoms with E-state index < -0.39 is 23.4 Å². The normalized spacial score (nSPS) is 12.5. The average molecular weight is 501 g/mol. The first-order valence-corrected chi connectivity index (χ1v) is 12.0. The van der Waals surface area contributed by atoms with E-state index in [1.165, 1.54) is 11.8 Å². The van der Waals surface area contributed by atoms with Crippen LogP contribution in [0.5, 0.6) is 0 Å². The number of carboxylic acids is 1.